The fraction of sp³-hybridized carbons (Fsp3) is 0.368. The van der Waals surface area contributed by atoms with Gasteiger partial charge in [-0.05, 0) is 24.7 Å². The maximum Gasteiger partial charge on any atom is 0.250 e. The number of likely N-dealkylation sites (N-methyl/N-ethyl adjacent to an activating group) is 1. The van der Waals surface area contributed by atoms with Gasteiger partial charge in [0, 0.05) is 26.2 Å². The minimum absolute atomic E-state index is 0.0229. The number of nitrogens with zero attached hydrogens (tertiary/aromatic N) is 3. The summed E-state index contributed by atoms with van der Waals surface area (Å²) in [5.41, 5.74) is 1.74. The van der Waals surface area contributed by atoms with Crippen LogP contribution in [0.25, 0.3) is 0 Å². The molecule has 0 atom stereocenters. The quantitative estimate of drug-likeness (QED) is 0.871. The van der Waals surface area contributed by atoms with E-state index < -0.39 is 0 Å². The maximum absolute atomic E-state index is 11.9. The lowest BCUT2D eigenvalue weighted by Gasteiger charge is -2.33. The summed E-state index contributed by atoms with van der Waals surface area (Å²) in [5, 5.41) is 2.81. The number of aromatic nitrogens is 1. The van der Waals surface area contributed by atoms with Gasteiger partial charge in [-0.1, -0.05) is 30.3 Å². The van der Waals surface area contributed by atoms with Crippen LogP contribution in [0.3, 0.4) is 0 Å². The van der Waals surface area contributed by atoms with E-state index in [9.17, 15) is 4.79 Å². The number of nitrogens with one attached hydrogen (secondary N) is 1. The van der Waals surface area contributed by atoms with Gasteiger partial charge >= 0.3 is 0 Å². The van der Waals surface area contributed by atoms with Gasteiger partial charge in [-0.15, -0.1) is 0 Å². The highest BCUT2D eigenvalue weighted by Gasteiger charge is 2.15. The van der Waals surface area contributed by atoms with Crippen molar-refractivity contribution in [1.29, 1.82) is 0 Å². The second-order valence-corrected chi connectivity index (χ2v) is 6.22. The Morgan fingerprint density at radius 2 is 1.88 bits per heavy atom. The molecule has 1 fully saturated rings. The molecule has 0 spiro atoms. The molecule has 1 aromatic heterocycles. The predicted octanol–water partition coefficient (Wildman–Crippen LogP) is 1.99. The van der Waals surface area contributed by atoms with E-state index in [1.54, 1.807) is 6.20 Å². The van der Waals surface area contributed by atoms with Crippen molar-refractivity contribution < 1.29 is 9.53 Å². The number of piperazine rings is 1. The van der Waals surface area contributed by atoms with Crippen LogP contribution in [-0.4, -0.2) is 55.6 Å². The van der Waals surface area contributed by atoms with Crippen LogP contribution in [0.15, 0.2) is 48.7 Å². The highest BCUT2D eigenvalue weighted by atomic mass is 16.5. The first-order chi connectivity index (χ1) is 12.2. The van der Waals surface area contributed by atoms with Crippen molar-refractivity contribution in [2.45, 2.75) is 6.61 Å². The first-order valence-corrected chi connectivity index (χ1v) is 8.52. The molecule has 1 amide bonds. The molecule has 0 aliphatic carbocycles. The van der Waals surface area contributed by atoms with Gasteiger partial charge in [0.1, 0.15) is 12.4 Å². The molecule has 0 radical (unpaired) electrons. The standard InChI is InChI=1S/C19H24N4O2/c1-22-9-11-23(12-10-22)18-8-7-17(13-20-18)21-19(24)15-25-14-16-5-3-2-4-6-16/h2-8,13H,9-12,14-15H2,1H3,(H,21,24). The summed E-state index contributed by atoms with van der Waals surface area (Å²) in [6.45, 7) is 4.48. The molecule has 1 aliphatic rings. The number of pyridine rings is 1. The van der Waals surface area contributed by atoms with Crippen molar-refractivity contribution in [2.24, 2.45) is 0 Å². The van der Waals surface area contributed by atoms with E-state index in [0.29, 0.717) is 12.3 Å². The van der Waals surface area contributed by atoms with Crippen LogP contribution in [0.5, 0.6) is 0 Å². The van der Waals surface area contributed by atoms with Gasteiger partial charge in [0.25, 0.3) is 0 Å². The Morgan fingerprint density at radius 1 is 1.12 bits per heavy atom. The van der Waals surface area contributed by atoms with Crippen LogP contribution in [-0.2, 0) is 16.1 Å². The number of carbonyl (C=O) groups is 1. The molecule has 1 N–H and O–H groups in total. The number of hydrogen-bond donors (Lipinski definition) is 1. The van der Waals surface area contributed by atoms with E-state index in [2.05, 4.69) is 27.1 Å². The molecular formula is C19H24N4O2. The van der Waals surface area contributed by atoms with E-state index >= 15 is 0 Å². The maximum atomic E-state index is 11.9. The lowest BCUT2D eigenvalue weighted by Crippen LogP contribution is -2.44. The van der Waals surface area contributed by atoms with Crippen LogP contribution in [0.1, 0.15) is 5.56 Å². The zero-order valence-electron chi connectivity index (χ0n) is 14.5. The third-order valence-electron chi connectivity index (χ3n) is 4.20. The Bertz CT molecular complexity index is 668. The number of carbonyl (C=O) groups excluding carboxylic acids is 1. The number of benzene rings is 1. The highest BCUT2D eigenvalue weighted by molar-refractivity contribution is 5.91. The highest BCUT2D eigenvalue weighted by Crippen LogP contribution is 2.15. The number of ether oxygens (including phenoxy) is 1. The summed E-state index contributed by atoms with van der Waals surface area (Å²) < 4.78 is 5.44. The fourth-order valence-electron chi connectivity index (χ4n) is 2.72. The number of anilines is 2. The summed E-state index contributed by atoms with van der Waals surface area (Å²) in [7, 11) is 2.13. The molecule has 2 aromatic rings. The molecule has 6 nitrogen and oxygen atoms in total. The summed E-state index contributed by atoms with van der Waals surface area (Å²) in [5.74, 6) is 0.775. The smallest absolute Gasteiger partial charge is 0.250 e. The molecule has 2 heterocycles. The van der Waals surface area contributed by atoms with E-state index in [4.69, 9.17) is 4.74 Å². The van der Waals surface area contributed by atoms with Gasteiger partial charge in [0.2, 0.25) is 5.91 Å². The van der Waals surface area contributed by atoms with Crippen molar-refractivity contribution in [1.82, 2.24) is 9.88 Å². The molecule has 132 valence electrons. The van der Waals surface area contributed by atoms with Crippen molar-refractivity contribution in [2.75, 3.05) is 50.1 Å². The molecule has 0 saturated carbocycles. The first-order valence-electron chi connectivity index (χ1n) is 8.52. The van der Waals surface area contributed by atoms with Crippen LogP contribution < -0.4 is 10.2 Å². The van der Waals surface area contributed by atoms with E-state index in [-0.39, 0.29) is 12.5 Å². The second-order valence-electron chi connectivity index (χ2n) is 6.22. The molecule has 25 heavy (non-hydrogen) atoms. The number of hydrogen-bond acceptors (Lipinski definition) is 5. The summed E-state index contributed by atoms with van der Waals surface area (Å²) in [6.07, 6.45) is 1.70. The van der Waals surface area contributed by atoms with Crippen LogP contribution >= 0.6 is 0 Å². The number of rotatable bonds is 6. The fourth-order valence-corrected chi connectivity index (χ4v) is 2.72. The van der Waals surface area contributed by atoms with Crippen LogP contribution in [0.4, 0.5) is 11.5 Å². The average Bonchev–Trinajstić information content (AvgIpc) is 2.64. The van der Waals surface area contributed by atoms with E-state index in [1.807, 2.05) is 42.5 Å². The minimum atomic E-state index is -0.176. The Kier molecular flexibility index (Phi) is 5.98. The van der Waals surface area contributed by atoms with Crippen LogP contribution in [0, 0.1) is 0 Å². The lowest BCUT2D eigenvalue weighted by molar-refractivity contribution is -0.121. The molecular weight excluding hydrogens is 316 g/mol. The minimum Gasteiger partial charge on any atom is -0.367 e. The monoisotopic (exact) mass is 340 g/mol. The van der Waals surface area contributed by atoms with Gasteiger partial charge in [-0.2, -0.15) is 0 Å². The number of amides is 1. The summed E-state index contributed by atoms with van der Waals surface area (Å²) in [4.78, 5) is 21.0. The molecule has 6 heteroatoms. The normalized spacial score (nSPS) is 15.2. The largest absolute Gasteiger partial charge is 0.367 e. The van der Waals surface area contributed by atoms with E-state index in [0.717, 1.165) is 37.6 Å². The topological polar surface area (TPSA) is 57.7 Å². The van der Waals surface area contributed by atoms with Crippen molar-refractivity contribution in [3.05, 3.63) is 54.2 Å². The third-order valence-corrected chi connectivity index (χ3v) is 4.20. The predicted molar refractivity (Wildman–Crippen MR) is 98.7 cm³/mol. The van der Waals surface area contributed by atoms with Crippen molar-refractivity contribution in [3.8, 4) is 0 Å². The summed E-state index contributed by atoms with van der Waals surface area (Å²) in [6, 6.07) is 13.6. The Hall–Kier alpha value is -2.44. The van der Waals surface area contributed by atoms with Gasteiger partial charge < -0.3 is 19.9 Å². The Labute approximate surface area is 148 Å². The molecule has 1 aliphatic heterocycles. The van der Waals surface area contributed by atoms with Gasteiger partial charge in [0.15, 0.2) is 0 Å². The van der Waals surface area contributed by atoms with Gasteiger partial charge in [-0.3, -0.25) is 4.79 Å². The molecule has 0 unspecified atom stereocenters. The third kappa shape index (κ3) is 5.27. The zero-order chi connectivity index (χ0) is 17.5. The van der Waals surface area contributed by atoms with Gasteiger partial charge in [0.05, 0.1) is 18.5 Å². The first kappa shape index (κ1) is 17.4. The van der Waals surface area contributed by atoms with Crippen molar-refractivity contribution in [3.63, 3.8) is 0 Å². The SMILES string of the molecule is CN1CCN(c2ccc(NC(=O)COCc3ccccc3)cn2)CC1. The zero-order valence-corrected chi connectivity index (χ0v) is 14.5. The average molecular weight is 340 g/mol. The molecule has 1 aromatic carbocycles. The Morgan fingerprint density at radius 3 is 2.56 bits per heavy atom. The summed E-state index contributed by atoms with van der Waals surface area (Å²) >= 11 is 0. The second kappa shape index (κ2) is 8.60. The van der Waals surface area contributed by atoms with Gasteiger partial charge in [-0.25, -0.2) is 4.98 Å². The molecule has 3 rings (SSSR count). The lowest BCUT2D eigenvalue weighted by atomic mass is 10.2. The van der Waals surface area contributed by atoms with E-state index in [1.165, 1.54) is 0 Å². The molecule has 1 saturated heterocycles. The van der Waals surface area contributed by atoms with Crippen LogP contribution in [0.2, 0.25) is 0 Å². The Balaban J connectivity index is 1.44. The molecule has 0 bridgehead atoms. The van der Waals surface area contributed by atoms with Crippen molar-refractivity contribution >= 4 is 17.4 Å².